The van der Waals surface area contributed by atoms with Crippen LogP contribution in [0.15, 0.2) is 70.1 Å². The van der Waals surface area contributed by atoms with Crippen molar-refractivity contribution in [1.29, 1.82) is 0 Å². The molecule has 4 aromatic rings. The second kappa shape index (κ2) is 8.63. The lowest BCUT2D eigenvalue weighted by Crippen LogP contribution is -2.06. The summed E-state index contributed by atoms with van der Waals surface area (Å²) in [5.41, 5.74) is 1.38. The lowest BCUT2D eigenvalue weighted by molar-refractivity contribution is -0.131. The summed E-state index contributed by atoms with van der Waals surface area (Å²) in [4.78, 5) is 23.5. The van der Waals surface area contributed by atoms with Gasteiger partial charge in [0.05, 0.1) is 16.0 Å². The molecule has 0 spiro atoms. The molecule has 2 aliphatic rings. The molecule has 0 atom stereocenters. The largest absolute Gasteiger partial charge is 0.463 e. The first kappa shape index (κ1) is 21.2. The van der Waals surface area contributed by atoms with Gasteiger partial charge < -0.3 is 13.9 Å². The molecule has 5 nitrogen and oxygen atoms in total. The minimum absolute atomic E-state index is 0.155. The van der Waals surface area contributed by atoms with Crippen LogP contribution in [0.1, 0.15) is 6.92 Å². The number of hydrogen-bond donors (Lipinski definition) is 0. The fraction of sp³-hybridized carbons (Fsp3) is 0.0435. The van der Waals surface area contributed by atoms with Crippen LogP contribution in [-0.2, 0) is 4.79 Å². The molecule has 0 fully saturated rings. The maximum absolute atomic E-state index is 12.5. The van der Waals surface area contributed by atoms with Gasteiger partial charge in [-0.2, -0.15) is 0 Å². The smallest absolute Gasteiger partial charge is 0.308 e. The third kappa shape index (κ3) is 4.39. The molecule has 6 rings (SSSR count). The third-order valence-corrected chi connectivity index (χ3v) is 5.30. The maximum atomic E-state index is 12.5. The summed E-state index contributed by atoms with van der Waals surface area (Å²) in [6.07, 6.45) is 1.39. The van der Waals surface area contributed by atoms with Crippen molar-refractivity contribution >= 4 is 51.7 Å². The van der Waals surface area contributed by atoms with E-state index < -0.39 is 5.97 Å². The predicted molar refractivity (Wildman–Crippen MR) is 121 cm³/mol. The molecule has 1 aromatic heterocycles. The molecule has 0 amide bonds. The quantitative estimate of drug-likeness (QED) is 0.200. The van der Waals surface area contributed by atoms with Gasteiger partial charge in [-0.25, -0.2) is 0 Å². The highest BCUT2D eigenvalue weighted by atomic mass is 35.5. The third-order valence-electron chi connectivity index (χ3n) is 4.39. The van der Waals surface area contributed by atoms with Crippen molar-refractivity contribution in [2.45, 2.75) is 6.92 Å². The number of esters is 1. The van der Waals surface area contributed by atoms with Crippen LogP contribution in [0.4, 0.5) is 0 Å². The van der Waals surface area contributed by atoms with E-state index >= 15 is 0 Å². The Morgan fingerprint density at radius 1 is 0.968 bits per heavy atom. The van der Waals surface area contributed by atoms with Gasteiger partial charge in [-0.15, -0.1) is 0 Å². The van der Waals surface area contributed by atoms with Gasteiger partial charge in [0.15, 0.2) is 11.2 Å². The van der Waals surface area contributed by atoms with Crippen molar-refractivity contribution in [1.82, 2.24) is 0 Å². The van der Waals surface area contributed by atoms with Crippen molar-refractivity contribution < 1.29 is 18.7 Å². The Labute approximate surface area is 191 Å². The summed E-state index contributed by atoms with van der Waals surface area (Å²) in [5, 5.41) is 2.24. The summed E-state index contributed by atoms with van der Waals surface area (Å²) in [5.74, 6) is 1.23. The predicted octanol–water partition coefficient (Wildman–Crippen LogP) is 7.14. The average Bonchev–Trinajstić information content (AvgIpc) is 2.74. The standard InChI is InChI=1S/C17H11ClO4.C6H2Cl2O/c1-10(19)22-13-6-7-14-16(8-13)21-9-15(17(14)20)11-2-4-12(18)5-3-11;7-3-1-2-4-5(8)6(3)9-4/h2-9H,1H3;1-2H. The number of rotatable bonds is 2. The Balaban J connectivity index is 0.000000212. The Kier molecular flexibility index (Phi) is 5.92. The average molecular weight is 476 g/mol. The monoisotopic (exact) mass is 474 g/mol. The summed E-state index contributed by atoms with van der Waals surface area (Å²) in [7, 11) is 0. The van der Waals surface area contributed by atoms with Gasteiger partial charge in [-0.05, 0) is 42.0 Å². The van der Waals surface area contributed by atoms with E-state index in [1.54, 1.807) is 48.5 Å². The number of carbonyl (C=O) groups is 1. The number of ether oxygens (including phenoxy) is 2. The first-order valence-corrected chi connectivity index (χ1v) is 10.1. The first-order chi connectivity index (χ1) is 14.8. The second-order valence-corrected chi connectivity index (χ2v) is 7.75. The SMILES string of the molecule is CC(=O)Oc1ccc2c(=O)c(-c3ccc(Cl)cc3)coc2c1.Clc1ccc2c(Cl)c1O2. The van der Waals surface area contributed by atoms with Gasteiger partial charge in [0.25, 0.3) is 0 Å². The molecular formula is C23H13Cl3O5. The van der Waals surface area contributed by atoms with E-state index in [2.05, 4.69) is 0 Å². The zero-order chi connectivity index (χ0) is 22.1. The number of fused-ring (bicyclic) bond motifs is 3. The molecule has 3 aromatic carbocycles. The summed E-state index contributed by atoms with van der Waals surface area (Å²) < 4.78 is 15.5. The zero-order valence-corrected chi connectivity index (χ0v) is 18.2. The Morgan fingerprint density at radius 3 is 2.29 bits per heavy atom. The van der Waals surface area contributed by atoms with Crippen LogP contribution in [0.2, 0.25) is 15.1 Å². The fourth-order valence-corrected chi connectivity index (χ4v) is 3.53. The van der Waals surface area contributed by atoms with E-state index in [4.69, 9.17) is 48.7 Å². The van der Waals surface area contributed by atoms with E-state index in [-0.39, 0.29) is 5.43 Å². The molecule has 0 N–H and O–H groups in total. The van der Waals surface area contributed by atoms with Crippen molar-refractivity contribution in [2.75, 3.05) is 0 Å². The summed E-state index contributed by atoms with van der Waals surface area (Å²) in [6.45, 7) is 1.31. The molecule has 2 aliphatic heterocycles. The van der Waals surface area contributed by atoms with Gasteiger partial charge in [0.2, 0.25) is 0 Å². The Hall–Kier alpha value is -2.99. The molecule has 0 aliphatic carbocycles. The van der Waals surface area contributed by atoms with Gasteiger partial charge >= 0.3 is 5.97 Å². The number of hydrogen-bond acceptors (Lipinski definition) is 5. The number of halogens is 3. The molecule has 31 heavy (non-hydrogen) atoms. The Bertz CT molecular complexity index is 1350. The van der Waals surface area contributed by atoms with Gasteiger partial charge in [0, 0.05) is 18.0 Å². The molecule has 3 heterocycles. The van der Waals surface area contributed by atoms with Crippen LogP contribution in [0.25, 0.3) is 22.1 Å². The van der Waals surface area contributed by atoms with E-state index in [0.717, 1.165) is 11.3 Å². The van der Waals surface area contributed by atoms with Crippen molar-refractivity contribution in [3.05, 3.63) is 86.2 Å². The molecule has 156 valence electrons. The minimum Gasteiger partial charge on any atom is -0.463 e. The minimum atomic E-state index is -0.431. The Morgan fingerprint density at radius 2 is 1.71 bits per heavy atom. The molecule has 0 saturated heterocycles. The molecule has 0 saturated carbocycles. The van der Waals surface area contributed by atoms with E-state index in [0.29, 0.717) is 43.1 Å². The van der Waals surface area contributed by atoms with Crippen LogP contribution >= 0.6 is 34.8 Å². The molecule has 0 unspecified atom stereocenters. The highest BCUT2D eigenvalue weighted by Crippen LogP contribution is 2.50. The van der Waals surface area contributed by atoms with Gasteiger partial charge in [-0.1, -0.05) is 46.9 Å². The first-order valence-electron chi connectivity index (χ1n) is 8.99. The lowest BCUT2D eigenvalue weighted by atomic mass is 10.1. The number of benzene rings is 3. The summed E-state index contributed by atoms with van der Waals surface area (Å²) in [6, 6.07) is 15.1. The van der Waals surface area contributed by atoms with E-state index in [1.807, 2.05) is 0 Å². The fourth-order valence-electron chi connectivity index (χ4n) is 2.92. The van der Waals surface area contributed by atoms with Crippen LogP contribution in [0, 0.1) is 0 Å². The van der Waals surface area contributed by atoms with Crippen molar-refractivity contribution in [2.24, 2.45) is 0 Å². The molecule has 2 bridgehead atoms. The summed E-state index contributed by atoms with van der Waals surface area (Å²) >= 11 is 17.2. The number of carbonyl (C=O) groups excluding carboxylic acids is 1. The van der Waals surface area contributed by atoms with Gasteiger partial charge in [0.1, 0.15) is 28.4 Å². The van der Waals surface area contributed by atoms with Crippen LogP contribution in [0.3, 0.4) is 0 Å². The van der Waals surface area contributed by atoms with Crippen LogP contribution < -0.4 is 14.9 Å². The molecule has 8 heteroatoms. The maximum Gasteiger partial charge on any atom is 0.308 e. The van der Waals surface area contributed by atoms with E-state index in [9.17, 15) is 9.59 Å². The van der Waals surface area contributed by atoms with Gasteiger partial charge in [-0.3, -0.25) is 9.59 Å². The lowest BCUT2D eigenvalue weighted by Gasteiger charge is -2.20. The highest BCUT2D eigenvalue weighted by Gasteiger charge is 2.22. The molecule has 0 radical (unpaired) electrons. The van der Waals surface area contributed by atoms with Crippen molar-refractivity contribution in [3.8, 4) is 28.4 Å². The van der Waals surface area contributed by atoms with E-state index in [1.165, 1.54) is 19.3 Å². The normalized spacial score (nSPS) is 11.1. The highest BCUT2D eigenvalue weighted by molar-refractivity contribution is 6.39. The van der Waals surface area contributed by atoms with Crippen LogP contribution in [0.5, 0.6) is 17.2 Å². The van der Waals surface area contributed by atoms with Crippen LogP contribution in [-0.4, -0.2) is 5.97 Å². The molecular weight excluding hydrogens is 463 g/mol. The zero-order valence-electron chi connectivity index (χ0n) is 15.9. The van der Waals surface area contributed by atoms with Crippen molar-refractivity contribution in [3.63, 3.8) is 0 Å². The second-order valence-electron chi connectivity index (χ2n) is 6.53. The topological polar surface area (TPSA) is 65.7 Å².